The average molecular weight is 352 g/mol. The maximum atomic E-state index is 4.71. The highest BCUT2D eigenvalue weighted by Crippen LogP contribution is 2.33. The van der Waals surface area contributed by atoms with Gasteiger partial charge in [0.25, 0.3) is 0 Å². The van der Waals surface area contributed by atoms with E-state index < -0.39 is 0 Å². The Morgan fingerprint density at radius 1 is 1.24 bits per heavy atom. The molecule has 0 spiro atoms. The Labute approximate surface area is 151 Å². The van der Waals surface area contributed by atoms with Crippen LogP contribution in [0.2, 0.25) is 0 Å². The van der Waals surface area contributed by atoms with Crippen LogP contribution in [0.3, 0.4) is 0 Å². The summed E-state index contributed by atoms with van der Waals surface area (Å²) < 4.78 is 0. The lowest BCUT2D eigenvalue weighted by atomic mass is 10.1. The zero-order chi connectivity index (χ0) is 17.1. The van der Waals surface area contributed by atoms with Gasteiger partial charge < -0.3 is 5.32 Å². The number of aryl methyl sites for hydroxylation is 1. The van der Waals surface area contributed by atoms with Crippen molar-refractivity contribution in [1.82, 2.24) is 25.1 Å². The van der Waals surface area contributed by atoms with Crippen molar-refractivity contribution in [2.45, 2.75) is 32.4 Å². The van der Waals surface area contributed by atoms with Crippen molar-refractivity contribution < 1.29 is 0 Å². The lowest BCUT2D eigenvalue weighted by Gasteiger charge is -2.24. The lowest BCUT2D eigenvalue weighted by Crippen LogP contribution is -2.24. The molecule has 6 nitrogen and oxygen atoms in total. The van der Waals surface area contributed by atoms with Gasteiger partial charge in [-0.2, -0.15) is 0 Å². The van der Waals surface area contributed by atoms with Crippen molar-refractivity contribution in [2.24, 2.45) is 0 Å². The number of benzene rings is 1. The van der Waals surface area contributed by atoms with E-state index in [-0.39, 0.29) is 0 Å². The molecule has 3 heterocycles. The van der Waals surface area contributed by atoms with Gasteiger partial charge in [0, 0.05) is 12.6 Å². The highest BCUT2D eigenvalue weighted by molar-refractivity contribution is 7.13. The Morgan fingerprint density at radius 3 is 2.92 bits per heavy atom. The number of rotatable bonds is 5. The second-order valence-corrected chi connectivity index (χ2v) is 7.04. The van der Waals surface area contributed by atoms with E-state index in [2.05, 4.69) is 55.7 Å². The lowest BCUT2D eigenvalue weighted by molar-refractivity contribution is 0.244. The number of nitrogens with one attached hydrogen (secondary N) is 1. The Bertz CT molecular complexity index is 821. The van der Waals surface area contributed by atoms with Crippen molar-refractivity contribution in [3.8, 4) is 0 Å². The van der Waals surface area contributed by atoms with Crippen LogP contribution in [0.15, 0.2) is 41.9 Å². The standard InChI is InChI=1S/C18H20N6S/c1-13-20-15(10-17(21-13)22-18-23-19-12-25-18)16-8-5-9-24(16)11-14-6-3-2-4-7-14/h2-4,6-7,10,12,16H,5,8-9,11H2,1H3,(H,20,21,22,23). The van der Waals surface area contributed by atoms with Crippen molar-refractivity contribution in [1.29, 1.82) is 0 Å². The molecule has 1 atom stereocenters. The van der Waals surface area contributed by atoms with Crippen molar-refractivity contribution in [3.05, 3.63) is 59.0 Å². The Morgan fingerprint density at radius 2 is 2.12 bits per heavy atom. The molecule has 2 aromatic heterocycles. The molecule has 1 fully saturated rings. The van der Waals surface area contributed by atoms with Crippen molar-refractivity contribution >= 4 is 22.3 Å². The minimum Gasteiger partial charge on any atom is -0.315 e. The number of hydrogen-bond acceptors (Lipinski definition) is 7. The van der Waals surface area contributed by atoms with E-state index in [0.29, 0.717) is 6.04 Å². The summed E-state index contributed by atoms with van der Waals surface area (Å²) in [6.07, 6.45) is 2.32. The van der Waals surface area contributed by atoms with E-state index in [1.54, 1.807) is 5.51 Å². The van der Waals surface area contributed by atoms with E-state index in [0.717, 1.165) is 42.0 Å². The number of hydrogen-bond donors (Lipinski definition) is 1. The van der Waals surface area contributed by atoms with Gasteiger partial charge in [-0.3, -0.25) is 4.90 Å². The third-order valence-electron chi connectivity index (χ3n) is 4.39. The van der Waals surface area contributed by atoms with Gasteiger partial charge in [-0.15, -0.1) is 10.2 Å². The second-order valence-electron chi connectivity index (χ2n) is 6.21. The fraction of sp³-hybridized carbons (Fsp3) is 0.333. The normalized spacial score (nSPS) is 17.7. The fourth-order valence-corrected chi connectivity index (χ4v) is 3.78. The summed E-state index contributed by atoms with van der Waals surface area (Å²) in [4.78, 5) is 11.7. The van der Waals surface area contributed by atoms with Crippen LogP contribution in [0.1, 0.15) is 36.0 Å². The molecule has 25 heavy (non-hydrogen) atoms. The second kappa shape index (κ2) is 7.25. The first-order valence-corrected chi connectivity index (χ1v) is 9.32. The molecule has 1 unspecified atom stereocenters. The van der Waals surface area contributed by atoms with Crippen LogP contribution in [0.5, 0.6) is 0 Å². The van der Waals surface area contributed by atoms with E-state index in [1.807, 2.05) is 13.0 Å². The Balaban J connectivity index is 1.56. The van der Waals surface area contributed by atoms with Crippen LogP contribution in [0.25, 0.3) is 0 Å². The van der Waals surface area contributed by atoms with Gasteiger partial charge in [-0.1, -0.05) is 41.7 Å². The quantitative estimate of drug-likeness (QED) is 0.755. The molecule has 1 aliphatic rings. The number of aromatic nitrogens is 4. The predicted octanol–water partition coefficient (Wildman–Crippen LogP) is 3.72. The number of likely N-dealkylation sites (tertiary alicyclic amines) is 1. The smallest absolute Gasteiger partial charge is 0.210 e. The van der Waals surface area contributed by atoms with E-state index in [9.17, 15) is 0 Å². The molecule has 1 N–H and O–H groups in total. The maximum Gasteiger partial charge on any atom is 0.210 e. The van der Waals surface area contributed by atoms with Gasteiger partial charge in [-0.25, -0.2) is 9.97 Å². The Hall–Kier alpha value is -2.38. The molecule has 3 aromatic rings. The SMILES string of the molecule is Cc1nc(Nc2nncs2)cc(C2CCCN2Cc2ccccc2)n1. The van der Waals surface area contributed by atoms with E-state index in [1.165, 1.54) is 23.3 Å². The van der Waals surface area contributed by atoms with Crippen LogP contribution >= 0.6 is 11.3 Å². The summed E-state index contributed by atoms with van der Waals surface area (Å²) in [6, 6.07) is 13.0. The van der Waals surface area contributed by atoms with Gasteiger partial charge in [0.2, 0.25) is 5.13 Å². The first kappa shape index (κ1) is 16.1. The van der Waals surface area contributed by atoms with Crippen LogP contribution < -0.4 is 5.32 Å². The monoisotopic (exact) mass is 352 g/mol. The molecule has 0 amide bonds. The zero-order valence-corrected chi connectivity index (χ0v) is 14.9. The van der Waals surface area contributed by atoms with Gasteiger partial charge in [0.1, 0.15) is 17.2 Å². The summed E-state index contributed by atoms with van der Waals surface area (Å²) in [5.74, 6) is 1.56. The van der Waals surface area contributed by atoms with Gasteiger partial charge >= 0.3 is 0 Å². The molecule has 1 aromatic carbocycles. The zero-order valence-electron chi connectivity index (χ0n) is 14.1. The Kier molecular flexibility index (Phi) is 4.67. The average Bonchev–Trinajstić information content (AvgIpc) is 3.27. The minimum atomic E-state index is 0.330. The highest BCUT2D eigenvalue weighted by atomic mass is 32.1. The maximum absolute atomic E-state index is 4.71. The number of anilines is 2. The van der Waals surface area contributed by atoms with E-state index >= 15 is 0 Å². The van der Waals surface area contributed by atoms with Gasteiger partial charge in [-0.05, 0) is 31.9 Å². The third-order valence-corrected chi connectivity index (χ3v) is 4.99. The molecule has 128 valence electrons. The number of nitrogens with zero attached hydrogens (tertiary/aromatic N) is 5. The predicted molar refractivity (Wildman–Crippen MR) is 98.8 cm³/mol. The molecule has 4 rings (SSSR count). The first-order valence-electron chi connectivity index (χ1n) is 8.45. The van der Waals surface area contributed by atoms with Crippen LogP contribution in [-0.4, -0.2) is 31.6 Å². The van der Waals surface area contributed by atoms with Crippen LogP contribution in [-0.2, 0) is 6.54 Å². The van der Waals surface area contributed by atoms with Crippen molar-refractivity contribution in [3.63, 3.8) is 0 Å². The molecule has 1 aliphatic heterocycles. The summed E-state index contributed by atoms with van der Waals surface area (Å²) in [6.45, 7) is 3.99. The molecule has 0 radical (unpaired) electrons. The van der Waals surface area contributed by atoms with Gasteiger partial charge in [0.15, 0.2) is 0 Å². The summed E-state index contributed by atoms with van der Waals surface area (Å²) in [5, 5.41) is 11.9. The summed E-state index contributed by atoms with van der Waals surface area (Å²) >= 11 is 1.46. The fourth-order valence-electron chi connectivity index (χ4n) is 3.33. The molecule has 0 aliphatic carbocycles. The molecule has 7 heteroatoms. The summed E-state index contributed by atoms with van der Waals surface area (Å²) in [7, 11) is 0. The van der Waals surface area contributed by atoms with E-state index in [4.69, 9.17) is 4.98 Å². The largest absolute Gasteiger partial charge is 0.315 e. The summed E-state index contributed by atoms with van der Waals surface area (Å²) in [5.41, 5.74) is 4.12. The molecule has 0 bridgehead atoms. The minimum absolute atomic E-state index is 0.330. The highest BCUT2D eigenvalue weighted by Gasteiger charge is 2.27. The van der Waals surface area contributed by atoms with Crippen LogP contribution in [0.4, 0.5) is 10.9 Å². The molecular weight excluding hydrogens is 332 g/mol. The first-order chi connectivity index (χ1) is 12.3. The topological polar surface area (TPSA) is 66.8 Å². The molecule has 1 saturated heterocycles. The van der Waals surface area contributed by atoms with Crippen molar-refractivity contribution in [2.75, 3.05) is 11.9 Å². The van der Waals surface area contributed by atoms with Gasteiger partial charge in [0.05, 0.1) is 11.7 Å². The molecule has 0 saturated carbocycles. The third kappa shape index (κ3) is 3.83. The molecular formula is C18H20N6S. The van der Waals surface area contributed by atoms with Crippen LogP contribution in [0, 0.1) is 6.92 Å².